The molecule has 0 aliphatic rings. The van der Waals surface area contributed by atoms with Crippen LogP contribution in [0.25, 0.3) is 5.69 Å². The number of nitrogens with zero attached hydrogens (tertiary/aromatic N) is 4. The molecule has 0 aliphatic carbocycles. The number of carbonyl (C=O) groups is 1. The van der Waals surface area contributed by atoms with Crippen molar-refractivity contribution in [3.8, 4) is 5.69 Å². The van der Waals surface area contributed by atoms with E-state index in [1.807, 2.05) is 11.9 Å². The number of likely N-dealkylation sites (N-methyl/N-ethyl adjacent to an activating group) is 1. The van der Waals surface area contributed by atoms with Crippen LogP contribution in [0, 0.1) is 5.92 Å². The summed E-state index contributed by atoms with van der Waals surface area (Å²) < 4.78 is 1.59. The van der Waals surface area contributed by atoms with Gasteiger partial charge < -0.3 is 5.32 Å². The average Bonchev–Trinajstić information content (AvgIpc) is 2.99. The van der Waals surface area contributed by atoms with Gasteiger partial charge in [0.2, 0.25) is 5.91 Å². The lowest BCUT2D eigenvalue weighted by atomic mass is 10.1. The second kappa shape index (κ2) is 8.08. The van der Waals surface area contributed by atoms with Crippen LogP contribution in [-0.4, -0.2) is 45.7 Å². The highest BCUT2D eigenvalue weighted by atomic mass is 35.5. The van der Waals surface area contributed by atoms with Crippen molar-refractivity contribution in [1.29, 1.82) is 0 Å². The first-order valence-electron chi connectivity index (χ1n) is 7.58. The van der Waals surface area contributed by atoms with Gasteiger partial charge in [0.05, 0.1) is 17.9 Å². The van der Waals surface area contributed by atoms with Gasteiger partial charge in [0.15, 0.2) is 0 Å². The Hall–Kier alpha value is -1.92. The van der Waals surface area contributed by atoms with Crippen molar-refractivity contribution in [2.24, 2.45) is 5.92 Å². The van der Waals surface area contributed by atoms with Crippen LogP contribution in [0.5, 0.6) is 0 Å². The van der Waals surface area contributed by atoms with Crippen LogP contribution < -0.4 is 5.32 Å². The van der Waals surface area contributed by atoms with Gasteiger partial charge in [0.25, 0.3) is 0 Å². The number of nitrogens with one attached hydrogen (secondary N) is 1. The van der Waals surface area contributed by atoms with Gasteiger partial charge in [-0.2, -0.15) is 5.10 Å². The van der Waals surface area contributed by atoms with E-state index in [1.165, 1.54) is 6.33 Å². The maximum atomic E-state index is 12.3. The van der Waals surface area contributed by atoms with Crippen molar-refractivity contribution in [2.45, 2.75) is 20.3 Å². The zero-order chi connectivity index (χ0) is 16.8. The Balaban J connectivity index is 2.04. The number of anilines is 1. The van der Waals surface area contributed by atoms with E-state index in [4.69, 9.17) is 11.6 Å². The highest BCUT2D eigenvalue weighted by Gasteiger charge is 2.12. The number of aromatic nitrogens is 3. The predicted molar refractivity (Wildman–Crippen MR) is 92.0 cm³/mol. The summed E-state index contributed by atoms with van der Waals surface area (Å²) in [6.07, 6.45) is 4.08. The number of benzene rings is 1. The molecule has 2 rings (SSSR count). The second-order valence-electron chi connectivity index (χ2n) is 5.97. The Kier molecular flexibility index (Phi) is 6.12. The zero-order valence-electron chi connectivity index (χ0n) is 13.7. The van der Waals surface area contributed by atoms with E-state index in [0.29, 0.717) is 23.2 Å². The largest absolute Gasteiger partial charge is 0.323 e. The zero-order valence-corrected chi connectivity index (χ0v) is 14.4. The van der Waals surface area contributed by atoms with Crippen molar-refractivity contribution < 1.29 is 4.79 Å². The summed E-state index contributed by atoms with van der Waals surface area (Å²) in [5.41, 5.74) is 1.34. The molecule has 0 radical (unpaired) electrons. The first kappa shape index (κ1) is 17.4. The molecule has 0 fully saturated rings. The van der Waals surface area contributed by atoms with E-state index >= 15 is 0 Å². The molecule has 2 aromatic rings. The van der Waals surface area contributed by atoms with E-state index in [9.17, 15) is 4.79 Å². The number of hydrogen-bond donors (Lipinski definition) is 1. The molecule has 1 aromatic heterocycles. The molecule has 23 heavy (non-hydrogen) atoms. The molecule has 0 bridgehead atoms. The van der Waals surface area contributed by atoms with Crippen molar-refractivity contribution in [2.75, 3.05) is 25.5 Å². The molecule has 0 aliphatic heterocycles. The van der Waals surface area contributed by atoms with Crippen LogP contribution >= 0.6 is 11.6 Å². The first-order chi connectivity index (χ1) is 11.0. The fraction of sp³-hybridized carbons (Fsp3) is 0.438. The van der Waals surface area contributed by atoms with Gasteiger partial charge in [-0.25, -0.2) is 9.67 Å². The standard InChI is InChI=1S/C16H22ClN5O/c1-12(2)6-7-21(3)9-16(23)20-14-8-13(17)4-5-15(14)22-11-18-10-19-22/h4-5,8,10-12H,6-7,9H2,1-3H3,(H,20,23). The quantitative estimate of drug-likeness (QED) is 0.845. The fourth-order valence-corrected chi connectivity index (χ4v) is 2.31. The molecule has 0 saturated carbocycles. The third kappa shape index (κ3) is 5.33. The normalized spacial score (nSPS) is 11.2. The number of hydrogen-bond acceptors (Lipinski definition) is 4. The molecule has 1 aromatic carbocycles. The Morgan fingerprint density at radius 2 is 2.22 bits per heavy atom. The van der Waals surface area contributed by atoms with Gasteiger partial charge in [-0.1, -0.05) is 25.4 Å². The van der Waals surface area contributed by atoms with Crippen LogP contribution in [-0.2, 0) is 4.79 Å². The van der Waals surface area contributed by atoms with Crippen LogP contribution in [0.1, 0.15) is 20.3 Å². The summed E-state index contributed by atoms with van der Waals surface area (Å²) in [6.45, 7) is 5.56. The van der Waals surface area contributed by atoms with Gasteiger partial charge in [0.1, 0.15) is 12.7 Å². The SMILES string of the molecule is CC(C)CCN(C)CC(=O)Nc1cc(Cl)ccc1-n1cncn1. The smallest absolute Gasteiger partial charge is 0.238 e. The lowest BCUT2D eigenvalue weighted by molar-refractivity contribution is -0.117. The Bertz CT molecular complexity index is 642. The summed E-state index contributed by atoms with van der Waals surface area (Å²) in [4.78, 5) is 18.2. The molecule has 0 atom stereocenters. The second-order valence-corrected chi connectivity index (χ2v) is 6.41. The molecule has 0 spiro atoms. The number of halogens is 1. The average molecular weight is 336 g/mol. The number of rotatable bonds is 7. The van der Waals surface area contributed by atoms with E-state index in [1.54, 1.807) is 29.2 Å². The summed E-state index contributed by atoms with van der Waals surface area (Å²) >= 11 is 6.04. The summed E-state index contributed by atoms with van der Waals surface area (Å²) in [5, 5.41) is 7.55. The van der Waals surface area contributed by atoms with Crippen molar-refractivity contribution in [3.05, 3.63) is 35.9 Å². The van der Waals surface area contributed by atoms with Gasteiger partial charge in [-0.15, -0.1) is 0 Å². The minimum atomic E-state index is -0.0834. The maximum Gasteiger partial charge on any atom is 0.238 e. The highest BCUT2D eigenvalue weighted by molar-refractivity contribution is 6.31. The topological polar surface area (TPSA) is 63.1 Å². The molecule has 0 unspecified atom stereocenters. The number of carbonyl (C=O) groups excluding carboxylic acids is 1. The molecule has 6 nitrogen and oxygen atoms in total. The molecular weight excluding hydrogens is 314 g/mol. The summed E-state index contributed by atoms with van der Waals surface area (Å²) in [6, 6.07) is 5.27. The predicted octanol–water partition coefficient (Wildman–Crippen LogP) is 2.84. The summed E-state index contributed by atoms with van der Waals surface area (Å²) in [7, 11) is 1.94. The van der Waals surface area contributed by atoms with Crippen LogP contribution in [0.15, 0.2) is 30.9 Å². The third-order valence-corrected chi connectivity index (χ3v) is 3.64. The van der Waals surface area contributed by atoms with Gasteiger partial charge >= 0.3 is 0 Å². The third-order valence-electron chi connectivity index (χ3n) is 3.40. The molecule has 1 heterocycles. The van der Waals surface area contributed by atoms with Gasteiger partial charge in [0, 0.05) is 5.02 Å². The molecule has 1 N–H and O–H groups in total. The van der Waals surface area contributed by atoms with Gasteiger partial charge in [-0.3, -0.25) is 9.69 Å². The summed E-state index contributed by atoms with van der Waals surface area (Å²) in [5.74, 6) is 0.534. The van der Waals surface area contributed by atoms with E-state index in [0.717, 1.165) is 18.7 Å². The Labute approximate surface area is 141 Å². The monoisotopic (exact) mass is 335 g/mol. The first-order valence-corrected chi connectivity index (χ1v) is 7.96. The molecule has 0 saturated heterocycles. The highest BCUT2D eigenvalue weighted by Crippen LogP contribution is 2.23. The van der Waals surface area contributed by atoms with E-state index in [2.05, 4.69) is 29.2 Å². The minimum absolute atomic E-state index is 0.0834. The van der Waals surface area contributed by atoms with Crippen LogP contribution in [0.4, 0.5) is 5.69 Å². The Morgan fingerprint density at radius 3 is 2.87 bits per heavy atom. The van der Waals surface area contributed by atoms with E-state index in [-0.39, 0.29) is 5.91 Å². The lowest BCUT2D eigenvalue weighted by Crippen LogP contribution is -2.31. The van der Waals surface area contributed by atoms with E-state index < -0.39 is 0 Å². The van der Waals surface area contributed by atoms with Crippen LogP contribution in [0.2, 0.25) is 5.02 Å². The number of amides is 1. The minimum Gasteiger partial charge on any atom is -0.323 e. The molecular formula is C16H22ClN5O. The molecule has 1 amide bonds. The van der Waals surface area contributed by atoms with Crippen molar-refractivity contribution >= 4 is 23.2 Å². The Morgan fingerprint density at radius 1 is 1.43 bits per heavy atom. The van der Waals surface area contributed by atoms with Crippen molar-refractivity contribution in [3.63, 3.8) is 0 Å². The van der Waals surface area contributed by atoms with Gasteiger partial charge in [-0.05, 0) is 44.1 Å². The molecule has 124 valence electrons. The molecule has 7 heteroatoms. The van der Waals surface area contributed by atoms with Crippen LogP contribution in [0.3, 0.4) is 0 Å². The fourth-order valence-electron chi connectivity index (χ4n) is 2.13. The van der Waals surface area contributed by atoms with Crippen molar-refractivity contribution in [1.82, 2.24) is 19.7 Å². The lowest BCUT2D eigenvalue weighted by Gasteiger charge is -2.18. The maximum absolute atomic E-state index is 12.3.